The molecule has 0 spiro atoms. The average Bonchev–Trinajstić information content (AvgIpc) is 3.20. The lowest BCUT2D eigenvalue weighted by Gasteiger charge is -2.59. The third-order valence-corrected chi connectivity index (χ3v) is 10.2. The number of carbonyl (C=O) groups is 4. The zero-order valence-electron chi connectivity index (χ0n) is 23.1. The average molecular weight is 551 g/mol. The maximum absolute atomic E-state index is 13.4. The summed E-state index contributed by atoms with van der Waals surface area (Å²) in [6.07, 6.45) is 8.45. The molecule has 1 aromatic rings. The highest BCUT2D eigenvalue weighted by atomic mass is 16.5. The first-order valence-corrected chi connectivity index (χ1v) is 14.2. The predicted octanol–water partition coefficient (Wildman–Crippen LogP) is 2.60. The van der Waals surface area contributed by atoms with Crippen molar-refractivity contribution in [2.45, 2.75) is 77.0 Å². The first kappa shape index (κ1) is 28.4. The van der Waals surface area contributed by atoms with Crippen LogP contribution in [0.15, 0.2) is 48.2 Å². The van der Waals surface area contributed by atoms with Gasteiger partial charge in [-0.1, -0.05) is 31.6 Å². The molecule has 0 unspecified atom stereocenters. The van der Waals surface area contributed by atoms with Crippen molar-refractivity contribution in [1.29, 1.82) is 0 Å². The minimum absolute atomic E-state index is 0.0118. The van der Waals surface area contributed by atoms with E-state index in [1.807, 2.05) is 19.1 Å². The minimum Gasteiger partial charge on any atom is -0.458 e. The molecule has 3 fully saturated rings. The Morgan fingerprint density at radius 1 is 1.18 bits per heavy atom. The van der Waals surface area contributed by atoms with Crippen molar-refractivity contribution in [2.24, 2.45) is 28.6 Å². The van der Waals surface area contributed by atoms with E-state index in [0.29, 0.717) is 12.1 Å². The lowest BCUT2D eigenvalue weighted by Crippen LogP contribution is -2.61. The number of fused-ring (bicyclic) bond motifs is 5. The number of esters is 1. The van der Waals surface area contributed by atoms with Crippen LogP contribution in [0.1, 0.15) is 64.5 Å². The number of rotatable bonds is 8. The molecule has 3 saturated carbocycles. The molecule has 0 radical (unpaired) electrons. The highest BCUT2D eigenvalue weighted by Crippen LogP contribution is 2.67. The van der Waals surface area contributed by atoms with Crippen LogP contribution in [-0.2, 0) is 30.5 Å². The molecule has 9 heteroatoms. The van der Waals surface area contributed by atoms with E-state index in [-0.39, 0.29) is 61.7 Å². The standard InChI is InChI=1S/C31H38N2O7/c1-29-12-10-21(34)15-19(29)6-7-22-23-11-13-31(39,30(23,2)16-24(35)28(22)29)25(36)18-40-27(38)9-8-26(37)33-17-20-5-3-4-14-32-20/h3-5,10,12,14-15,22-24,28,35,39H,6-9,11,13,16-18H2,1-2H3,(H,33,37)/t22-,23-,24+,28+,29-,30-,31+/m0/s1. The van der Waals surface area contributed by atoms with E-state index in [0.717, 1.165) is 18.4 Å². The molecule has 40 heavy (non-hydrogen) atoms. The second-order valence-electron chi connectivity index (χ2n) is 12.3. The summed E-state index contributed by atoms with van der Waals surface area (Å²) in [7, 11) is 0. The zero-order chi connectivity index (χ0) is 28.7. The number of ether oxygens (including phenoxy) is 1. The number of carbonyl (C=O) groups excluding carboxylic acids is 4. The Morgan fingerprint density at radius 2 is 1.98 bits per heavy atom. The maximum atomic E-state index is 13.4. The Kier molecular flexibility index (Phi) is 7.56. The third kappa shape index (κ3) is 4.83. The van der Waals surface area contributed by atoms with Crippen LogP contribution in [0, 0.1) is 28.6 Å². The zero-order valence-corrected chi connectivity index (χ0v) is 23.1. The molecule has 1 heterocycles. The van der Waals surface area contributed by atoms with Gasteiger partial charge in [-0.3, -0.25) is 24.2 Å². The number of nitrogens with one attached hydrogen (secondary N) is 1. The molecule has 1 amide bonds. The summed E-state index contributed by atoms with van der Waals surface area (Å²) in [4.78, 5) is 53.9. The van der Waals surface area contributed by atoms with Crippen LogP contribution in [0.25, 0.3) is 0 Å². The Balaban J connectivity index is 1.18. The smallest absolute Gasteiger partial charge is 0.306 e. The van der Waals surface area contributed by atoms with Crippen molar-refractivity contribution in [3.8, 4) is 0 Å². The van der Waals surface area contributed by atoms with Crippen molar-refractivity contribution < 1.29 is 34.1 Å². The van der Waals surface area contributed by atoms with Gasteiger partial charge in [0, 0.05) is 29.4 Å². The number of amides is 1. The Bertz CT molecular complexity index is 1260. The lowest BCUT2D eigenvalue weighted by atomic mass is 9.46. The fourth-order valence-corrected chi connectivity index (χ4v) is 8.12. The van der Waals surface area contributed by atoms with Gasteiger partial charge >= 0.3 is 5.97 Å². The summed E-state index contributed by atoms with van der Waals surface area (Å²) in [5, 5.41) is 25.9. The summed E-state index contributed by atoms with van der Waals surface area (Å²) in [5.74, 6) is -1.62. The summed E-state index contributed by atoms with van der Waals surface area (Å²) in [6, 6.07) is 5.37. The summed E-state index contributed by atoms with van der Waals surface area (Å²) in [6.45, 7) is 3.63. The quantitative estimate of drug-likeness (QED) is 0.419. The molecule has 3 N–H and O–H groups in total. The summed E-state index contributed by atoms with van der Waals surface area (Å²) < 4.78 is 5.20. The number of aliphatic hydroxyl groups is 2. The second kappa shape index (κ2) is 10.7. The van der Waals surface area contributed by atoms with Crippen LogP contribution in [-0.4, -0.2) is 57.0 Å². The van der Waals surface area contributed by atoms with Gasteiger partial charge in [-0.2, -0.15) is 0 Å². The number of nitrogens with zero attached hydrogens (tertiary/aromatic N) is 1. The molecule has 0 saturated heterocycles. The van der Waals surface area contributed by atoms with Crippen molar-refractivity contribution >= 4 is 23.4 Å². The number of Topliss-reactive ketones (excluding diaryl/α,β-unsaturated/α-hetero) is 1. The number of hydrogen-bond donors (Lipinski definition) is 3. The molecule has 0 bridgehead atoms. The largest absolute Gasteiger partial charge is 0.458 e. The van der Waals surface area contributed by atoms with Gasteiger partial charge in [-0.25, -0.2) is 0 Å². The van der Waals surface area contributed by atoms with E-state index in [1.54, 1.807) is 30.5 Å². The molecule has 5 rings (SSSR count). The molecule has 4 aliphatic rings. The molecule has 9 nitrogen and oxygen atoms in total. The predicted molar refractivity (Wildman–Crippen MR) is 144 cm³/mol. The fraction of sp³-hybridized carbons (Fsp3) is 0.581. The number of ketones is 2. The van der Waals surface area contributed by atoms with Gasteiger partial charge < -0.3 is 20.3 Å². The highest BCUT2D eigenvalue weighted by Gasteiger charge is 2.68. The topological polar surface area (TPSA) is 143 Å². The fourth-order valence-electron chi connectivity index (χ4n) is 8.12. The van der Waals surface area contributed by atoms with E-state index in [4.69, 9.17) is 4.74 Å². The SMILES string of the molecule is C[C@]12C=CC(=O)C=C1CC[C@@H]1[C@@H]2[C@H](O)C[C@@]2(C)[C@H]1CC[C@@]2(O)C(=O)COC(=O)CCC(=O)NCc1ccccn1. The highest BCUT2D eigenvalue weighted by molar-refractivity contribution is 6.01. The van der Waals surface area contributed by atoms with Crippen LogP contribution in [0.5, 0.6) is 0 Å². The first-order chi connectivity index (χ1) is 19.0. The number of allylic oxidation sites excluding steroid dienone is 4. The van der Waals surface area contributed by atoms with Gasteiger partial charge in [-0.15, -0.1) is 0 Å². The van der Waals surface area contributed by atoms with Crippen LogP contribution in [0.3, 0.4) is 0 Å². The maximum Gasteiger partial charge on any atom is 0.306 e. The molecular formula is C31H38N2O7. The molecule has 4 aliphatic carbocycles. The van der Waals surface area contributed by atoms with Crippen LogP contribution >= 0.6 is 0 Å². The van der Waals surface area contributed by atoms with Gasteiger partial charge in [-0.05, 0) is 68.2 Å². The molecule has 0 aliphatic heterocycles. The van der Waals surface area contributed by atoms with E-state index in [1.165, 1.54) is 0 Å². The van der Waals surface area contributed by atoms with Gasteiger partial charge in [0.1, 0.15) is 5.60 Å². The summed E-state index contributed by atoms with van der Waals surface area (Å²) in [5.41, 5.74) is -1.27. The number of aromatic nitrogens is 1. The van der Waals surface area contributed by atoms with Crippen molar-refractivity contribution in [3.05, 3.63) is 53.9 Å². The summed E-state index contributed by atoms with van der Waals surface area (Å²) >= 11 is 0. The van der Waals surface area contributed by atoms with Gasteiger partial charge in [0.05, 0.1) is 24.8 Å². The normalized spacial score (nSPS) is 36.1. The lowest BCUT2D eigenvalue weighted by molar-refractivity contribution is -0.181. The van der Waals surface area contributed by atoms with Crippen molar-refractivity contribution in [3.63, 3.8) is 0 Å². The Labute approximate surface area is 234 Å². The molecular weight excluding hydrogens is 512 g/mol. The van der Waals surface area contributed by atoms with Crippen LogP contribution < -0.4 is 5.32 Å². The number of aliphatic hydroxyl groups excluding tert-OH is 1. The molecule has 7 atom stereocenters. The number of hydrogen-bond acceptors (Lipinski definition) is 8. The second-order valence-corrected chi connectivity index (χ2v) is 12.3. The van der Waals surface area contributed by atoms with E-state index in [2.05, 4.69) is 17.2 Å². The van der Waals surface area contributed by atoms with Crippen LogP contribution in [0.4, 0.5) is 0 Å². The Morgan fingerprint density at radius 3 is 2.73 bits per heavy atom. The first-order valence-electron chi connectivity index (χ1n) is 14.2. The van der Waals surface area contributed by atoms with Gasteiger partial charge in [0.25, 0.3) is 0 Å². The van der Waals surface area contributed by atoms with Crippen molar-refractivity contribution in [2.75, 3.05) is 6.61 Å². The van der Waals surface area contributed by atoms with E-state index in [9.17, 15) is 29.4 Å². The minimum atomic E-state index is -1.72. The van der Waals surface area contributed by atoms with E-state index < -0.39 is 40.9 Å². The third-order valence-electron chi connectivity index (χ3n) is 10.2. The number of pyridine rings is 1. The Hall–Kier alpha value is -3.17. The van der Waals surface area contributed by atoms with Crippen molar-refractivity contribution in [1.82, 2.24) is 10.3 Å². The molecule has 0 aromatic carbocycles. The molecule has 1 aromatic heterocycles. The van der Waals surface area contributed by atoms with Gasteiger partial charge in [0.2, 0.25) is 11.7 Å². The van der Waals surface area contributed by atoms with Crippen LogP contribution in [0.2, 0.25) is 0 Å². The molecule has 214 valence electrons. The van der Waals surface area contributed by atoms with Gasteiger partial charge in [0.15, 0.2) is 12.4 Å². The van der Waals surface area contributed by atoms with E-state index >= 15 is 0 Å². The monoisotopic (exact) mass is 550 g/mol.